The minimum absolute atomic E-state index is 0.0425. The van der Waals surface area contributed by atoms with E-state index in [0.717, 1.165) is 11.3 Å². The molecule has 1 aromatic rings. The average molecular weight is 281 g/mol. The number of carboxylic acid groups (broad SMARTS) is 1. The Bertz CT molecular complexity index is 457. The molecule has 1 fully saturated rings. The first-order valence-corrected chi connectivity index (χ1v) is 7.45. The summed E-state index contributed by atoms with van der Waals surface area (Å²) in [5, 5.41) is 11.1. The lowest BCUT2D eigenvalue weighted by Crippen LogP contribution is -2.48. The van der Waals surface area contributed by atoms with Crippen molar-refractivity contribution in [1.29, 1.82) is 0 Å². The van der Waals surface area contributed by atoms with Crippen LogP contribution in [0.2, 0.25) is 0 Å². The van der Waals surface area contributed by atoms with Gasteiger partial charge in [-0.25, -0.2) is 0 Å². The molecule has 1 aliphatic heterocycles. The molecule has 0 radical (unpaired) electrons. The Morgan fingerprint density at radius 1 is 1.47 bits per heavy atom. The van der Waals surface area contributed by atoms with Crippen LogP contribution in [-0.4, -0.2) is 34.5 Å². The number of hydrogen-bond acceptors (Lipinski definition) is 3. The number of hydrogen-bond donors (Lipinski definition) is 1. The van der Waals surface area contributed by atoms with Crippen molar-refractivity contribution in [3.8, 4) is 0 Å². The fraction of sp³-hybridized carbons (Fsp3) is 0.571. The molecule has 1 amide bonds. The highest BCUT2D eigenvalue weighted by Gasteiger charge is 2.34. The highest BCUT2D eigenvalue weighted by atomic mass is 32.1. The summed E-state index contributed by atoms with van der Waals surface area (Å²) in [6.07, 6.45) is 1.42. The second-order valence-corrected chi connectivity index (χ2v) is 6.17. The third-order valence-corrected chi connectivity index (χ3v) is 4.91. The number of aliphatic carboxylic acids is 1. The van der Waals surface area contributed by atoms with E-state index in [1.165, 1.54) is 0 Å². The van der Waals surface area contributed by atoms with Gasteiger partial charge in [-0.15, -0.1) is 11.3 Å². The van der Waals surface area contributed by atoms with E-state index < -0.39 is 11.9 Å². The second-order valence-electron chi connectivity index (χ2n) is 5.19. The summed E-state index contributed by atoms with van der Waals surface area (Å²) < 4.78 is 0. The van der Waals surface area contributed by atoms with Gasteiger partial charge in [0, 0.05) is 17.5 Å². The van der Waals surface area contributed by atoms with Crippen molar-refractivity contribution < 1.29 is 14.7 Å². The van der Waals surface area contributed by atoms with E-state index in [0.29, 0.717) is 13.0 Å². The minimum atomic E-state index is -0.798. The van der Waals surface area contributed by atoms with Crippen LogP contribution in [0.25, 0.3) is 0 Å². The van der Waals surface area contributed by atoms with Crippen molar-refractivity contribution in [3.63, 3.8) is 0 Å². The van der Waals surface area contributed by atoms with Crippen molar-refractivity contribution in [2.24, 2.45) is 5.92 Å². The largest absolute Gasteiger partial charge is 0.481 e. The first kappa shape index (κ1) is 14.1. The van der Waals surface area contributed by atoms with Gasteiger partial charge in [-0.2, -0.15) is 0 Å². The Morgan fingerprint density at radius 2 is 2.21 bits per heavy atom. The van der Waals surface area contributed by atoms with Gasteiger partial charge in [-0.05, 0) is 38.1 Å². The van der Waals surface area contributed by atoms with Gasteiger partial charge in [0.05, 0.1) is 11.8 Å². The maximum atomic E-state index is 12.5. The van der Waals surface area contributed by atoms with Crippen molar-refractivity contribution in [2.75, 3.05) is 6.54 Å². The minimum Gasteiger partial charge on any atom is -0.481 e. The quantitative estimate of drug-likeness (QED) is 0.926. The lowest BCUT2D eigenvalue weighted by atomic mass is 9.92. The third-order valence-electron chi connectivity index (χ3n) is 3.85. The molecular formula is C14H19NO3S. The van der Waals surface area contributed by atoms with Crippen LogP contribution in [0.15, 0.2) is 17.5 Å². The Morgan fingerprint density at radius 3 is 2.79 bits per heavy atom. The molecule has 104 valence electrons. The van der Waals surface area contributed by atoms with Crippen molar-refractivity contribution >= 4 is 23.2 Å². The zero-order valence-corrected chi connectivity index (χ0v) is 12.0. The van der Waals surface area contributed by atoms with E-state index in [1.54, 1.807) is 16.2 Å². The van der Waals surface area contributed by atoms with Gasteiger partial charge in [0.15, 0.2) is 0 Å². The predicted molar refractivity (Wildman–Crippen MR) is 74.3 cm³/mol. The van der Waals surface area contributed by atoms with Crippen LogP contribution in [0, 0.1) is 5.92 Å². The smallest absolute Gasteiger partial charge is 0.308 e. The van der Waals surface area contributed by atoms with E-state index in [2.05, 4.69) is 0 Å². The summed E-state index contributed by atoms with van der Waals surface area (Å²) in [5.41, 5.74) is 0. The van der Waals surface area contributed by atoms with Crippen LogP contribution in [-0.2, 0) is 9.59 Å². The van der Waals surface area contributed by atoms with Gasteiger partial charge < -0.3 is 10.0 Å². The molecule has 0 bridgehead atoms. The van der Waals surface area contributed by atoms with Crippen molar-refractivity contribution in [3.05, 3.63) is 22.4 Å². The predicted octanol–water partition coefficient (Wildman–Crippen LogP) is 2.56. The van der Waals surface area contributed by atoms with E-state index in [-0.39, 0.29) is 17.9 Å². The van der Waals surface area contributed by atoms with Crippen molar-refractivity contribution in [1.82, 2.24) is 4.90 Å². The van der Waals surface area contributed by atoms with Gasteiger partial charge in [0.2, 0.25) is 5.91 Å². The molecule has 1 aromatic heterocycles. The van der Waals surface area contributed by atoms with Gasteiger partial charge >= 0.3 is 5.97 Å². The number of carbonyl (C=O) groups is 2. The summed E-state index contributed by atoms with van der Waals surface area (Å²) in [7, 11) is 0. The molecule has 0 aliphatic carbocycles. The number of nitrogens with zero attached hydrogens (tertiary/aromatic N) is 1. The molecule has 0 saturated carbocycles. The molecule has 1 N–H and O–H groups in total. The number of carboxylic acids is 1. The Balaban J connectivity index is 2.10. The molecule has 5 heteroatoms. The van der Waals surface area contributed by atoms with Crippen LogP contribution in [0.4, 0.5) is 0 Å². The second kappa shape index (κ2) is 5.74. The molecule has 19 heavy (non-hydrogen) atoms. The lowest BCUT2D eigenvalue weighted by Gasteiger charge is -2.37. The fourth-order valence-electron chi connectivity index (χ4n) is 2.52. The zero-order chi connectivity index (χ0) is 14.0. The van der Waals surface area contributed by atoms with E-state index >= 15 is 0 Å². The van der Waals surface area contributed by atoms with Crippen LogP contribution >= 0.6 is 11.3 Å². The Labute approximate surface area is 117 Å². The maximum absolute atomic E-state index is 12.5. The van der Waals surface area contributed by atoms with E-state index in [4.69, 9.17) is 5.11 Å². The fourth-order valence-corrected chi connectivity index (χ4v) is 3.30. The molecule has 4 nitrogen and oxygen atoms in total. The van der Waals surface area contributed by atoms with Crippen LogP contribution in [0.1, 0.15) is 37.5 Å². The molecule has 3 atom stereocenters. The highest BCUT2D eigenvalue weighted by molar-refractivity contribution is 7.10. The Hall–Kier alpha value is -1.36. The number of piperidine rings is 1. The molecule has 1 aliphatic rings. The first-order valence-electron chi connectivity index (χ1n) is 6.57. The van der Waals surface area contributed by atoms with Crippen LogP contribution in [0.3, 0.4) is 0 Å². The number of amides is 1. The first-order chi connectivity index (χ1) is 9.00. The molecule has 0 spiro atoms. The molecule has 2 heterocycles. The summed E-state index contributed by atoms with van der Waals surface area (Å²) >= 11 is 1.57. The average Bonchev–Trinajstić information content (AvgIpc) is 2.91. The van der Waals surface area contributed by atoms with Gasteiger partial charge in [0.25, 0.3) is 0 Å². The van der Waals surface area contributed by atoms with Crippen molar-refractivity contribution in [2.45, 2.75) is 38.6 Å². The molecule has 3 unspecified atom stereocenters. The summed E-state index contributed by atoms with van der Waals surface area (Å²) in [6.45, 7) is 4.23. The SMILES string of the molecule is CC(C(=O)N1CC(C(=O)O)CCC1C)c1cccs1. The maximum Gasteiger partial charge on any atom is 0.308 e. The number of thiophene rings is 1. The monoisotopic (exact) mass is 281 g/mol. The zero-order valence-electron chi connectivity index (χ0n) is 11.2. The van der Waals surface area contributed by atoms with Crippen LogP contribution in [0.5, 0.6) is 0 Å². The summed E-state index contributed by atoms with van der Waals surface area (Å²) in [5.74, 6) is -1.36. The summed E-state index contributed by atoms with van der Waals surface area (Å²) in [4.78, 5) is 26.4. The Kier molecular flexibility index (Phi) is 4.24. The summed E-state index contributed by atoms with van der Waals surface area (Å²) in [6, 6.07) is 4.02. The van der Waals surface area contributed by atoms with E-state index in [1.807, 2.05) is 31.4 Å². The third kappa shape index (κ3) is 2.97. The number of likely N-dealkylation sites (tertiary alicyclic amines) is 1. The molecule has 1 saturated heterocycles. The van der Waals surface area contributed by atoms with E-state index in [9.17, 15) is 9.59 Å². The van der Waals surface area contributed by atoms with Gasteiger partial charge in [-0.3, -0.25) is 9.59 Å². The molecule has 0 aromatic carbocycles. The normalized spacial score (nSPS) is 25.1. The topological polar surface area (TPSA) is 57.6 Å². The standard InChI is InChI=1S/C14H19NO3S/c1-9-5-6-11(14(17)18)8-15(9)13(16)10(2)12-4-3-7-19-12/h3-4,7,9-11H,5-6,8H2,1-2H3,(H,17,18). The van der Waals surface area contributed by atoms with Gasteiger partial charge in [0.1, 0.15) is 0 Å². The van der Waals surface area contributed by atoms with Gasteiger partial charge in [-0.1, -0.05) is 6.07 Å². The highest BCUT2D eigenvalue weighted by Crippen LogP contribution is 2.28. The van der Waals surface area contributed by atoms with Crippen LogP contribution < -0.4 is 0 Å². The number of rotatable bonds is 3. The number of carbonyl (C=O) groups excluding carboxylic acids is 1. The lowest BCUT2D eigenvalue weighted by molar-refractivity contribution is -0.147. The molecular weight excluding hydrogens is 262 g/mol. The molecule has 2 rings (SSSR count).